The lowest BCUT2D eigenvalue weighted by Crippen LogP contribution is -2.23. The van der Waals surface area contributed by atoms with E-state index >= 15 is 0 Å². The third-order valence-electron chi connectivity index (χ3n) is 3.23. The third kappa shape index (κ3) is 2.44. The Morgan fingerprint density at radius 1 is 1.47 bits per heavy atom. The van der Waals surface area contributed by atoms with E-state index in [2.05, 4.69) is 29.1 Å². The molecule has 0 saturated carbocycles. The molecule has 3 rings (SSSR count). The van der Waals surface area contributed by atoms with Gasteiger partial charge in [-0.1, -0.05) is 0 Å². The zero-order valence-electron chi connectivity index (χ0n) is 9.90. The molecular formula is C13H16N2S2. The number of aromatic nitrogens is 1. The Morgan fingerprint density at radius 3 is 3.12 bits per heavy atom. The van der Waals surface area contributed by atoms with Crippen LogP contribution >= 0.6 is 22.7 Å². The molecule has 1 unspecified atom stereocenters. The van der Waals surface area contributed by atoms with Crippen molar-refractivity contribution in [3.63, 3.8) is 0 Å². The number of nitrogens with zero attached hydrogens (tertiary/aromatic N) is 1. The first-order valence-electron chi connectivity index (χ1n) is 6.05. The van der Waals surface area contributed by atoms with Gasteiger partial charge in [-0.15, -0.1) is 22.7 Å². The highest BCUT2D eigenvalue weighted by Crippen LogP contribution is 2.31. The Morgan fingerprint density at radius 2 is 2.41 bits per heavy atom. The van der Waals surface area contributed by atoms with Crippen molar-refractivity contribution in [2.75, 3.05) is 6.54 Å². The second kappa shape index (κ2) is 4.88. The third-order valence-corrected chi connectivity index (χ3v) is 5.29. The van der Waals surface area contributed by atoms with E-state index in [0.717, 1.165) is 6.42 Å². The van der Waals surface area contributed by atoms with E-state index in [4.69, 9.17) is 4.98 Å². The number of nitrogens with one attached hydrogen (secondary N) is 1. The summed E-state index contributed by atoms with van der Waals surface area (Å²) in [6, 6.07) is 2.81. The summed E-state index contributed by atoms with van der Waals surface area (Å²) in [6.45, 7) is 3.33. The van der Waals surface area contributed by atoms with Crippen molar-refractivity contribution < 1.29 is 0 Å². The minimum Gasteiger partial charge on any atom is -0.314 e. The van der Waals surface area contributed by atoms with E-state index in [0.29, 0.717) is 6.04 Å². The van der Waals surface area contributed by atoms with Crippen LogP contribution in [0.2, 0.25) is 0 Å². The molecule has 1 fully saturated rings. The molecule has 1 atom stereocenters. The van der Waals surface area contributed by atoms with Crippen LogP contribution in [-0.4, -0.2) is 17.6 Å². The predicted octanol–water partition coefficient (Wildman–Crippen LogP) is 3.47. The van der Waals surface area contributed by atoms with Gasteiger partial charge in [0.2, 0.25) is 0 Å². The van der Waals surface area contributed by atoms with Crippen molar-refractivity contribution in [3.05, 3.63) is 28.1 Å². The van der Waals surface area contributed by atoms with Crippen LogP contribution in [0.15, 0.2) is 16.8 Å². The number of thiazole rings is 1. The number of hydrogen-bond donors (Lipinski definition) is 1. The van der Waals surface area contributed by atoms with Gasteiger partial charge in [0.15, 0.2) is 0 Å². The zero-order chi connectivity index (χ0) is 11.7. The van der Waals surface area contributed by atoms with E-state index in [1.807, 2.05) is 0 Å². The molecule has 2 aromatic rings. The summed E-state index contributed by atoms with van der Waals surface area (Å²) in [5.74, 6) is 0. The minimum atomic E-state index is 0.648. The first kappa shape index (κ1) is 11.4. The Bertz CT molecular complexity index is 495. The van der Waals surface area contributed by atoms with Crippen molar-refractivity contribution >= 4 is 22.7 Å². The van der Waals surface area contributed by atoms with Gasteiger partial charge in [0, 0.05) is 17.8 Å². The normalized spacial score (nSPS) is 19.9. The van der Waals surface area contributed by atoms with Crippen molar-refractivity contribution in [3.8, 4) is 9.88 Å². The topological polar surface area (TPSA) is 24.9 Å². The highest BCUT2D eigenvalue weighted by atomic mass is 32.1. The Hall–Kier alpha value is -0.710. The first-order chi connectivity index (χ1) is 8.33. The SMILES string of the molecule is Cc1ccsc1-c1nc(CC2CCCN2)cs1. The zero-order valence-corrected chi connectivity index (χ0v) is 11.5. The largest absolute Gasteiger partial charge is 0.314 e. The summed E-state index contributed by atoms with van der Waals surface area (Å²) in [7, 11) is 0. The van der Waals surface area contributed by atoms with Crippen molar-refractivity contribution in [1.29, 1.82) is 0 Å². The van der Waals surface area contributed by atoms with Gasteiger partial charge in [0.25, 0.3) is 0 Å². The lowest BCUT2D eigenvalue weighted by molar-refractivity contribution is 0.597. The van der Waals surface area contributed by atoms with Crippen LogP contribution in [0.4, 0.5) is 0 Å². The fourth-order valence-electron chi connectivity index (χ4n) is 2.28. The van der Waals surface area contributed by atoms with Crippen molar-refractivity contribution in [1.82, 2.24) is 10.3 Å². The highest BCUT2D eigenvalue weighted by molar-refractivity contribution is 7.20. The first-order valence-corrected chi connectivity index (χ1v) is 7.81. The van der Waals surface area contributed by atoms with E-state index in [1.54, 1.807) is 22.7 Å². The number of aryl methyl sites for hydroxylation is 1. The molecule has 90 valence electrons. The molecule has 0 bridgehead atoms. The summed E-state index contributed by atoms with van der Waals surface area (Å²) < 4.78 is 0. The molecule has 1 saturated heterocycles. The maximum absolute atomic E-state index is 4.77. The van der Waals surface area contributed by atoms with Gasteiger partial charge in [0.1, 0.15) is 5.01 Å². The van der Waals surface area contributed by atoms with Gasteiger partial charge in [-0.05, 0) is 43.3 Å². The van der Waals surface area contributed by atoms with Crippen LogP contribution < -0.4 is 5.32 Å². The molecule has 0 radical (unpaired) electrons. The molecule has 0 spiro atoms. The molecule has 2 nitrogen and oxygen atoms in total. The number of hydrogen-bond acceptors (Lipinski definition) is 4. The summed E-state index contributed by atoms with van der Waals surface area (Å²) in [5.41, 5.74) is 2.59. The fourth-order valence-corrected chi connectivity index (χ4v) is 4.21. The summed E-state index contributed by atoms with van der Waals surface area (Å²) in [6.07, 6.45) is 3.69. The van der Waals surface area contributed by atoms with Crippen LogP contribution in [-0.2, 0) is 6.42 Å². The average Bonchev–Trinajstić information content (AvgIpc) is 3.00. The van der Waals surface area contributed by atoms with Crippen LogP contribution in [0.3, 0.4) is 0 Å². The van der Waals surface area contributed by atoms with Gasteiger partial charge in [0.05, 0.1) is 10.6 Å². The van der Waals surface area contributed by atoms with Gasteiger partial charge in [-0.2, -0.15) is 0 Å². The van der Waals surface area contributed by atoms with Gasteiger partial charge in [-0.3, -0.25) is 0 Å². The van der Waals surface area contributed by atoms with Crippen LogP contribution in [0.1, 0.15) is 24.1 Å². The second-order valence-electron chi connectivity index (χ2n) is 4.57. The van der Waals surface area contributed by atoms with E-state index in [1.165, 1.54) is 40.5 Å². The van der Waals surface area contributed by atoms with Crippen LogP contribution in [0.25, 0.3) is 9.88 Å². The highest BCUT2D eigenvalue weighted by Gasteiger charge is 2.16. The Balaban J connectivity index is 1.76. The molecule has 1 N–H and O–H groups in total. The maximum Gasteiger partial charge on any atom is 0.133 e. The molecule has 2 aromatic heterocycles. The summed E-state index contributed by atoms with van der Waals surface area (Å²) >= 11 is 3.57. The minimum absolute atomic E-state index is 0.648. The molecule has 4 heteroatoms. The smallest absolute Gasteiger partial charge is 0.133 e. The molecule has 0 aliphatic carbocycles. The lowest BCUT2D eigenvalue weighted by Gasteiger charge is -2.06. The molecule has 3 heterocycles. The second-order valence-corrected chi connectivity index (χ2v) is 6.35. The van der Waals surface area contributed by atoms with Gasteiger partial charge < -0.3 is 5.32 Å². The Kier molecular flexibility index (Phi) is 3.27. The van der Waals surface area contributed by atoms with E-state index in [9.17, 15) is 0 Å². The quantitative estimate of drug-likeness (QED) is 0.918. The monoisotopic (exact) mass is 264 g/mol. The van der Waals surface area contributed by atoms with Crippen LogP contribution in [0, 0.1) is 6.92 Å². The fraction of sp³-hybridized carbons (Fsp3) is 0.462. The molecule has 1 aliphatic rings. The van der Waals surface area contributed by atoms with Gasteiger partial charge >= 0.3 is 0 Å². The van der Waals surface area contributed by atoms with Crippen molar-refractivity contribution in [2.24, 2.45) is 0 Å². The number of rotatable bonds is 3. The molecule has 17 heavy (non-hydrogen) atoms. The molecule has 0 amide bonds. The summed E-state index contributed by atoms with van der Waals surface area (Å²) in [5, 5.41) is 9.07. The average molecular weight is 264 g/mol. The standard InChI is InChI=1S/C13H16N2S2/c1-9-4-6-16-12(9)13-15-11(8-17-13)7-10-3-2-5-14-10/h4,6,8,10,14H,2-3,5,7H2,1H3. The van der Waals surface area contributed by atoms with Crippen molar-refractivity contribution in [2.45, 2.75) is 32.2 Å². The lowest BCUT2D eigenvalue weighted by atomic mass is 10.1. The van der Waals surface area contributed by atoms with Crippen LogP contribution in [0.5, 0.6) is 0 Å². The molecular weight excluding hydrogens is 248 g/mol. The van der Waals surface area contributed by atoms with E-state index < -0.39 is 0 Å². The Labute approximate surface area is 110 Å². The van der Waals surface area contributed by atoms with Gasteiger partial charge in [-0.25, -0.2) is 4.98 Å². The molecule has 0 aromatic carbocycles. The maximum atomic E-state index is 4.77. The number of thiophene rings is 1. The predicted molar refractivity (Wildman–Crippen MR) is 74.9 cm³/mol. The van der Waals surface area contributed by atoms with E-state index in [-0.39, 0.29) is 0 Å². The molecule has 1 aliphatic heterocycles. The summed E-state index contributed by atoms with van der Waals surface area (Å²) in [4.78, 5) is 6.10.